The van der Waals surface area contributed by atoms with E-state index in [2.05, 4.69) is 22.8 Å². The Bertz CT molecular complexity index is 588. The summed E-state index contributed by atoms with van der Waals surface area (Å²) in [5.41, 5.74) is 2.42. The van der Waals surface area contributed by atoms with Crippen LogP contribution in [0.15, 0.2) is 30.3 Å². The van der Waals surface area contributed by atoms with E-state index in [1.54, 1.807) is 4.90 Å². The van der Waals surface area contributed by atoms with Crippen LogP contribution in [0.25, 0.3) is 10.9 Å². The first kappa shape index (κ1) is 11.1. The van der Waals surface area contributed by atoms with E-state index in [9.17, 15) is 4.79 Å². The molecule has 4 heteroatoms. The number of benzene rings is 1. The fraction of sp³-hybridized carbons (Fsp3) is 0.357. The summed E-state index contributed by atoms with van der Waals surface area (Å²) in [6.45, 7) is 4.44. The number of fused-ring (bicyclic) bond motifs is 3. The van der Waals surface area contributed by atoms with Crippen LogP contribution in [0.4, 0.5) is 4.79 Å². The third kappa shape index (κ3) is 1.74. The number of ether oxygens (including phenoxy) is 1. The molecule has 1 aliphatic heterocycles. The molecule has 0 fully saturated rings. The third-order valence-electron chi connectivity index (χ3n) is 3.37. The van der Waals surface area contributed by atoms with Crippen molar-refractivity contribution >= 4 is 17.0 Å². The van der Waals surface area contributed by atoms with Crippen molar-refractivity contribution in [2.24, 2.45) is 0 Å². The van der Waals surface area contributed by atoms with Crippen LogP contribution in [0.5, 0.6) is 0 Å². The molecule has 0 saturated heterocycles. The van der Waals surface area contributed by atoms with Crippen molar-refractivity contribution in [3.63, 3.8) is 0 Å². The van der Waals surface area contributed by atoms with E-state index in [0.717, 1.165) is 6.54 Å². The summed E-state index contributed by atoms with van der Waals surface area (Å²) in [7, 11) is 0. The van der Waals surface area contributed by atoms with Gasteiger partial charge in [0.2, 0.25) is 0 Å². The lowest BCUT2D eigenvalue weighted by Gasteiger charge is -2.28. The van der Waals surface area contributed by atoms with Gasteiger partial charge >= 0.3 is 6.09 Å². The molecule has 1 aliphatic rings. The molecule has 0 saturated carbocycles. The molecular weight excluding hydrogens is 228 g/mol. The first-order chi connectivity index (χ1) is 8.79. The van der Waals surface area contributed by atoms with Crippen LogP contribution in [0.2, 0.25) is 0 Å². The predicted molar refractivity (Wildman–Crippen MR) is 69.4 cm³/mol. The molecule has 0 unspecified atom stereocenters. The third-order valence-corrected chi connectivity index (χ3v) is 3.37. The monoisotopic (exact) mass is 244 g/mol. The lowest BCUT2D eigenvalue weighted by atomic mass is 10.2. The minimum absolute atomic E-state index is 0.214. The standard InChI is InChI=1S/C14H16N2O2/c1-2-18-14(17)15-7-8-16-12(10-15)9-11-5-3-4-6-13(11)16/h3-6,9H,2,7-8,10H2,1H3. The van der Waals surface area contributed by atoms with Crippen LogP contribution in [-0.2, 0) is 17.8 Å². The van der Waals surface area contributed by atoms with Crippen LogP contribution in [0.3, 0.4) is 0 Å². The van der Waals surface area contributed by atoms with E-state index in [4.69, 9.17) is 4.74 Å². The van der Waals surface area contributed by atoms with E-state index in [1.165, 1.54) is 16.6 Å². The van der Waals surface area contributed by atoms with Gasteiger partial charge in [0.15, 0.2) is 0 Å². The maximum absolute atomic E-state index is 11.7. The summed E-state index contributed by atoms with van der Waals surface area (Å²) in [5.74, 6) is 0. The van der Waals surface area contributed by atoms with Crippen molar-refractivity contribution < 1.29 is 9.53 Å². The van der Waals surface area contributed by atoms with E-state index in [1.807, 2.05) is 19.1 Å². The Kier molecular flexibility index (Phi) is 2.70. The zero-order chi connectivity index (χ0) is 12.5. The zero-order valence-electron chi connectivity index (χ0n) is 10.4. The molecule has 0 spiro atoms. The van der Waals surface area contributed by atoms with Crippen molar-refractivity contribution in [1.29, 1.82) is 0 Å². The molecule has 0 aliphatic carbocycles. The molecule has 1 aromatic heterocycles. The maximum Gasteiger partial charge on any atom is 0.410 e. The van der Waals surface area contributed by atoms with Crippen molar-refractivity contribution in [3.8, 4) is 0 Å². The van der Waals surface area contributed by atoms with Crippen LogP contribution in [-0.4, -0.2) is 28.7 Å². The van der Waals surface area contributed by atoms with Gasteiger partial charge in [-0.05, 0) is 24.4 Å². The van der Waals surface area contributed by atoms with Crippen LogP contribution in [0, 0.1) is 0 Å². The Morgan fingerprint density at radius 2 is 2.17 bits per heavy atom. The molecule has 0 radical (unpaired) electrons. The number of hydrogen-bond acceptors (Lipinski definition) is 2. The smallest absolute Gasteiger partial charge is 0.410 e. The lowest BCUT2D eigenvalue weighted by molar-refractivity contribution is 0.0974. The molecule has 2 heterocycles. The Hall–Kier alpha value is -1.97. The van der Waals surface area contributed by atoms with Gasteiger partial charge in [-0.15, -0.1) is 0 Å². The van der Waals surface area contributed by atoms with Crippen molar-refractivity contribution in [2.75, 3.05) is 13.2 Å². The van der Waals surface area contributed by atoms with Crippen LogP contribution in [0.1, 0.15) is 12.6 Å². The second-order valence-electron chi connectivity index (χ2n) is 4.47. The van der Waals surface area contributed by atoms with Crippen molar-refractivity contribution in [2.45, 2.75) is 20.0 Å². The molecule has 94 valence electrons. The second kappa shape index (κ2) is 4.37. The Morgan fingerprint density at radius 1 is 1.33 bits per heavy atom. The van der Waals surface area contributed by atoms with Crippen LogP contribution < -0.4 is 0 Å². The highest BCUT2D eigenvalue weighted by Gasteiger charge is 2.22. The summed E-state index contributed by atoms with van der Waals surface area (Å²) >= 11 is 0. The number of carbonyl (C=O) groups is 1. The predicted octanol–water partition coefficient (Wildman–Crippen LogP) is 2.61. The van der Waals surface area contributed by atoms with E-state index < -0.39 is 0 Å². The minimum atomic E-state index is -0.214. The average molecular weight is 244 g/mol. The first-order valence-corrected chi connectivity index (χ1v) is 6.28. The maximum atomic E-state index is 11.7. The fourth-order valence-corrected chi connectivity index (χ4v) is 2.53. The number of para-hydroxylation sites is 1. The molecule has 3 rings (SSSR count). The van der Waals surface area contributed by atoms with E-state index in [0.29, 0.717) is 19.7 Å². The van der Waals surface area contributed by atoms with Gasteiger partial charge in [-0.2, -0.15) is 0 Å². The zero-order valence-corrected chi connectivity index (χ0v) is 10.4. The largest absolute Gasteiger partial charge is 0.450 e. The molecular formula is C14H16N2O2. The molecule has 0 N–H and O–H groups in total. The topological polar surface area (TPSA) is 34.5 Å². The van der Waals surface area contributed by atoms with E-state index >= 15 is 0 Å². The number of nitrogens with zero attached hydrogens (tertiary/aromatic N) is 2. The Labute approximate surface area is 106 Å². The number of aromatic nitrogens is 1. The molecule has 1 amide bonds. The van der Waals surface area contributed by atoms with Gasteiger partial charge in [-0.25, -0.2) is 4.79 Å². The van der Waals surface area contributed by atoms with Gasteiger partial charge in [-0.3, -0.25) is 0 Å². The summed E-state index contributed by atoms with van der Waals surface area (Å²) in [6.07, 6.45) is -0.214. The first-order valence-electron chi connectivity index (χ1n) is 6.28. The van der Waals surface area contributed by atoms with Gasteiger partial charge in [0.1, 0.15) is 0 Å². The SMILES string of the molecule is CCOC(=O)N1CCn2c(cc3ccccc32)C1. The number of rotatable bonds is 1. The number of hydrogen-bond donors (Lipinski definition) is 0. The fourth-order valence-electron chi connectivity index (χ4n) is 2.53. The number of amides is 1. The Morgan fingerprint density at radius 3 is 3.00 bits per heavy atom. The van der Waals surface area contributed by atoms with Gasteiger partial charge in [0, 0.05) is 24.3 Å². The van der Waals surface area contributed by atoms with Gasteiger partial charge < -0.3 is 14.2 Å². The summed E-state index contributed by atoms with van der Waals surface area (Å²) in [6, 6.07) is 10.5. The normalized spacial score (nSPS) is 14.6. The average Bonchev–Trinajstić information content (AvgIpc) is 2.76. The van der Waals surface area contributed by atoms with Gasteiger partial charge in [0.25, 0.3) is 0 Å². The summed E-state index contributed by atoms with van der Waals surface area (Å²) in [5, 5.41) is 1.23. The lowest BCUT2D eigenvalue weighted by Crippen LogP contribution is -2.38. The quantitative estimate of drug-likeness (QED) is 0.772. The highest BCUT2D eigenvalue weighted by molar-refractivity contribution is 5.81. The summed E-state index contributed by atoms with van der Waals surface area (Å²) in [4.78, 5) is 13.5. The van der Waals surface area contributed by atoms with Crippen molar-refractivity contribution in [1.82, 2.24) is 9.47 Å². The van der Waals surface area contributed by atoms with E-state index in [-0.39, 0.29) is 6.09 Å². The minimum Gasteiger partial charge on any atom is -0.450 e. The van der Waals surface area contributed by atoms with Gasteiger partial charge in [-0.1, -0.05) is 18.2 Å². The van der Waals surface area contributed by atoms with Crippen LogP contribution >= 0.6 is 0 Å². The molecule has 4 nitrogen and oxygen atoms in total. The molecule has 0 atom stereocenters. The second-order valence-corrected chi connectivity index (χ2v) is 4.47. The molecule has 0 bridgehead atoms. The molecule has 18 heavy (non-hydrogen) atoms. The highest BCUT2D eigenvalue weighted by Crippen LogP contribution is 2.24. The van der Waals surface area contributed by atoms with Crippen molar-refractivity contribution in [3.05, 3.63) is 36.0 Å². The van der Waals surface area contributed by atoms with Gasteiger partial charge in [0.05, 0.1) is 13.2 Å². The summed E-state index contributed by atoms with van der Waals surface area (Å²) < 4.78 is 7.33. The highest BCUT2D eigenvalue weighted by atomic mass is 16.6. The molecule has 2 aromatic rings. The Balaban J connectivity index is 1.91. The molecule has 1 aromatic carbocycles. The number of carbonyl (C=O) groups excluding carboxylic acids is 1.